The molecular weight excluding hydrogens is 280 g/mol. The summed E-state index contributed by atoms with van der Waals surface area (Å²) in [6.45, 7) is 2.26. The number of carbonyl (C=O) groups is 2. The second kappa shape index (κ2) is 5.30. The number of cyclic esters (lactones) is 1. The lowest BCUT2D eigenvalue weighted by Crippen LogP contribution is -2.53. The van der Waals surface area contributed by atoms with Crippen molar-refractivity contribution in [1.82, 2.24) is 9.80 Å². The van der Waals surface area contributed by atoms with Crippen LogP contribution >= 0.6 is 0 Å². The molecule has 0 bridgehead atoms. The van der Waals surface area contributed by atoms with Gasteiger partial charge in [0.2, 0.25) is 5.91 Å². The summed E-state index contributed by atoms with van der Waals surface area (Å²) >= 11 is 0. The minimum atomic E-state index is -0.233. The molecule has 0 N–H and O–H groups in total. The van der Waals surface area contributed by atoms with Gasteiger partial charge in [0.25, 0.3) is 0 Å². The lowest BCUT2D eigenvalue weighted by Gasteiger charge is -2.35. The minimum absolute atomic E-state index is 0.0472. The van der Waals surface area contributed by atoms with Crippen molar-refractivity contribution < 1.29 is 14.3 Å². The van der Waals surface area contributed by atoms with E-state index in [9.17, 15) is 9.59 Å². The molecule has 4 rings (SSSR count). The number of fused-ring (bicyclic) bond motifs is 2. The Bertz CT molecular complexity index is 591. The molecule has 116 valence electrons. The summed E-state index contributed by atoms with van der Waals surface area (Å²) < 4.78 is 5.05. The highest BCUT2D eigenvalue weighted by molar-refractivity contribution is 5.77. The number of benzene rings is 1. The minimum Gasteiger partial charge on any atom is -0.447 e. The Morgan fingerprint density at radius 1 is 1.18 bits per heavy atom. The van der Waals surface area contributed by atoms with E-state index in [-0.39, 0.29) is 18.0 Å². The summed E-state index contributed by atoms with van der Waals surface area (Å²) in [6, 6.07) is 8.52. The van der Waals surface area contributed by atoms with Crippen LogP contribution in [-0.2, 0) is 22.4 Å². The molecule has 0 aromatic heterocycles. The predicted octanol–water partition coefficient (Wildman–Crippen LogP) is 1.45. The molecule has 2 saturated heterocycles. The Labute approximate surface area is 129 Å². The van der Waals surface area contributed by atoms with Gasteiger partial charge in [0, 0.05) is 26.1 Å². The highest BCUT2D eigenvalue weighted by Gasteiger charge is 2.39. The average molecular weight is 300 g/mol. The number of carbonyl (C=O) groups excluding carboxylic acids is 2. The molecule has 2 fully saturated rings. The van der Waals surface area contributed by atoms with E-state index in [1.807, 2.05) is 4.90 Å². The van der Waals surface area contributed by atoms with Crippen LogP contribution in [0.5, 0.6) is 0 Å². The molecule has 2 amide bonds. The second-order valence-electron chi connectivity index (χ2n) is 6.51. The van der Waals surface area contributed by atoms with Crippen LogP contribution in [0, 0.1) is 5.92 Å². The lowest BCUT2D eigenvalue weighted by molar-refractivity contribution is -0.134. The largest absolute Gasteiger partial charge is 0.447 e. The third-order valence-corrected chi connectivity index (χ3v) is 5.07. The maximum atomic E-state index is 12.6. The summed E-state index contributed by atoms with van der Waals surface area (Å²) in [5, 5.41) is 0. The predicted molar refractivity (Wildman–Crippen MR) is 80.4 cm³/mol. The smallest absolute Gasteiger partial charge is 0.410 e. The Balaban J connectivity index is 1.35. The lowest BCUT2D eigenvalue weighted by atomic mass is 10.0. The summed E-state index contributed by atoms with van der Waals surface area (Å²) in [7, 11) is 0. The fourth-order valence-electron chi connectivity index (χ4n) is 3.89. The van der Waals surface area contributed by atoms with Crippen molar-refractivity contribution >= 4 is 12.0 Å². The van der Waals surface area contributed by atoms with Crippen LogP contribution in [0.4, 0.5) is 4.79 Å². The Morgan fingerprint density at radius 2 is 1.91 bits per heavy atom. The maximum Gasteiger partial charge on any atom is 0.410 e. The number of piperazine rings is 1. The van der Waals surface area contributed by atoms with Gasteiger partial charge < -0.3 is 9.64 Å². The summed E-state index contributed by atoms with van der Waals surface area (Å²) in [6.07, 6.45) is 2.39. The topological polar surface area (TPSA) is 49.9 Å². The van der Waals surface area contributed by atoms with Crippen LogP contribution < -0.4 is 0 Å². The van der Waals surface area contributed by atoms with Crippen molar-refractivity contribution in [3.8, 4) is 0 Å². The zero-order valence-electron chi connectivity index (χ0n) is 12.5. The number of nitrogens with zero attached hydrogens (tertiary/aromatic N) is 2. The molecular formula is C17H20N2O3. The summed E-state index contributed by atoms with van der Waals surface area (Å²) in [5.41, 5.74) is 2.78. The van der Waals surface area contributed by atoms with Crippen molar-refractivity contribution in [2.45, 2.75) is 25.3 Å². The molecule has 3 aliphatic rings. The second-order valence-corrected chi connectivity index (χ2v) is 6.51. The van der Waals surface area contributed by atoms with Gasteiger partial charge in [-0.15, -0.1) is 0 Å². The number of ether oxygens (including phenoxy) is 1. The van der Waals surface area contributed by atoms with Gasteiger partial charge in [0.05, 0.1) is 6.04 Å². The first-order valence-electron chi connectivity index (χ1n) is 7.98. The van der Waals surface area contributed by atoms with Crippen molar-refractivity contribution in [3.05, 3.63) is 35.4 Å². The number of rotatable bonds is 2. The Hall–Kier alpha value is -2.04. The van der Waals surface area contributed by atoms with Crippen molar-refractivity contribution in [3.63, 3.8) is 0 Å². The van der Waals surface area contributed by atoms with E-state index in [1.165, 1.54) is 11.1 Å². The van der Waals surface area contributed by atoms with Crippen molar-refractivity contribution in [2.24, 2.45) is 5.92 Å². The van der Waals surface area contributed by atoms with Gasteiger partial charge in [-0.3, -0.25) is 9.69 Å². The first-order valence-corrected chi connectivity index (χ1v) is 7.98. The fraction of sp³-hybridized carbons (Fsp3) is 0.529. The molecule has 0 saturated carbocycles. The monoisotopic (exact) mass is 300 g/mol. The third-order valence-electron chi connectivity index (χ3n) is 5.07. The molecule has 22 heavy (non-hydrogen) atoms. The standard InChI is InChI=1S/C17H20N2O3/c20-16(9-12-7-13-3-1-2-4-14(13)8-12)18-5-6-19-15(10-18)11-22-17(19)21/h1-4,12,15H,5-11H2. The molecule has 1 atom stereocenters. The number of amides is 2. The molecule has 1 aromatic rings. The molecule has 1 aromatic carbocycles. The highest BCUT2D eigenvalue weighted by atomic mass is 16.6. The highest BCUT2D eigenvalue weighted by Crippen LogP contribution is 2.29. The average Bonchev–Trinajstić information content (AvgIpc) is 3.10. The Kier molecular flexibility index (Phi) is 3.28. The van der Waals surface area contributed by atoms with Gasteiger partial charge in [-0.05, 0) is 29.9 Å². The van der Waals surface area contributed by atoms with Crippen LogP contribution in [0.1, 0.15) is 17.5 Å². The van der Waals surface area contributed by atoms with Crippen LogP contribution in [-0.4, -0.2) is 54.1 Å². The van der Waals surface area contributed by atoms with Crippen molar-refractivity contribution in [2.75, 3.05) is 26.2 Å². The zero-order valence-corrected chi connectivity index (χ0v) is 12.5. The van der Waals surface area contributed by atoms with Gasteiger partial charge in [-0.2, -0.15) is 0 Å². The first kappa shape index (κ1) is 13.6. The van der Waals surface area contributed by atoms with Crippen LogP contribution in [0.3, 0.4) is 0 Å². The molecule has 2 heterocycles. The first-order chi connectivity index (χ1) is 10.7. The molecule has 0 radical (unpaired) electrons. The van der Waals surface area contributed by atoms with Crippen molar-refractivity contribution in [1.29, 1.82) is 0 Å². The van der Waals surface area contributed by atoms with Crippen LogP contribution in [0.25, 0.3) is 0 Å². The number of hydrogen-bond donors (Lipinski definition) is 0. The van der Waals surface area contributed by atoms with E-state index in [1.54, 1.807) is 4.90 Å². The molecule has 1 aliphatic carbocycles. The molecule has 5 heteroatoms. The maximum absolute atomic E-state index is 12.6. The zero-order chi connectivity index (χ0) is 15.1. The fourth-order valence-corrected chi connectivity index (χ4v) is 3.89. The van der Waals surface area contributed by atoms with Crippen LogP contribution in [0.2, 0.25) is 0 Å². The van der Waals surface area contributed by atoms with Gasteiger partial charge in [0.15, 0.2) is 0 Å². The molecule has 5 nitrogen and oxygen atoms in total. The van der Waals surface area contributed by atoms with E-state index >= 15 is 0 Å². The van der Waals surface area contributed by atoms with Gasteiger partial charge in [-0.25, -0.2) is 4.79 Å². The van der Waals surface area contributed by atoms with E-state index in [4.69, 9.17) is 4.74 Å². The molecule has 0 spiro atoms. The van der Waals surface area contributed by atoms with E-state index < -0.39 is 0 Å². The van der Waals surface area contributed by atoms with Gasteiger partial charge >= 0.3 is 6.09 Å². The van der Waals surface area contributed by atoms with E-state index in [0.29, 0.717) is 38.6 Å². The van der Waals surface area contributed by atoms with E-state index in [0.717, 1.165) is 12.8 Å². The van der Waals surface area contributed by atoms with Crippen LogP contribution in [0.15, 0.2) is 24.3 Å². The summed E-state index contributed by atoms with van der Waals surface area (Å²) in [4.78, 5) is 27.7. The van der Waals surface area contributed by atoms with E-state index in [2.05, 4.69) is 24.3 Å². The summed E-state index contributed by atoms with van der Waals surface area (Å²) in [5.74, 6) is 0.640. The van der Waals surface area contributed by atoms with Gasteiger partial charge in [-0.1, -0.05) is 24.3 Å². The molecule has 1 unspecified atom stereocenters. The third kappa shape index (κ3) is 2.34. The molecule has 2 aliphatic heterocycles. The quantitative estimate of drug-likeness (QED) is 0.831. The number of hydrogen-bond acceptors (Lipinski definition) is 3. The SMILES string of the molecule is O=C(CC1Cc2ccccc2C1)N1CCN2C(=O)OCC2C1. The Morgan fingerprint density at radius 3 is 2.64 bits per heavy atom. The normalized spacial score (nSPS) is 24.2. The van der Waals surface area contributed by atoms with Gasteiger partial charge in [0.1, 0.15) is 6.61 Å².